The van der Waals surface area contributed by atoms with Crippen molar-refractivity contribution in [2.24, 2.45) is 7.05 Å². The van der Waals surface area contributed by atoms with E-state index in [1.807, 2.05) is 46.8 Å². The number of Topliss-reactive ketones (excluding diaryl/α,β-unsaturated/α-hetero) is 1. The molecule has 6 heteroatoms. The SMILES string of the molecule is Cc1c(CC(=O)c2ncc(CN3CCCC[C@H]3C(=O)O)n2C)cccc1-c1ccccc1. The number of carbonyl (C=O) groups excluding carboxylic acids is 1. The van der Waals surface area contributed by atoms with Gasteiger partial charge in [-0.1, -0.05) is 55.0 Å². The van der Waals surface area contributed by atoms with E-state index < -0.39 is 12.0 Å². The summed E-state index contributed by atoms with van der Waals surface area (Å²) in [6, 6.07) is 15.8. The van der Waals surface area contributed by atoms with Crippen molar-refractivity contribution in [3.05, 3.63) is 77.4 Å². The molecule has 166 valence electrons. The number of carbonyl (C=O) groups is 2. The Hall–Kier alpha value is -3.25. The second-order valence-corrected chi connectivity index (χ2v) is 8.51. The summed E-state index contributed by atoms with van der Waals surface area (Å²) >= 11 is 0. The van der Waals surface area contributed by atoms with Crippen molar-refractivity contribution < 1.29 is 14.7 Å². The summed E-state index contributed by atoms with van der Waals surface area (Å²) in [5.74, 6) is -0.411. The van der Waals surface area contributed by atoms with Gasteiger partial charge in [0.1, 0.15) is 6.04 Å². The van der Waals surface area contributed by atoms with Gasteiger partial charge in [0, 0.05) is 20.0 Å². The first-order valence-electron chi connectivity index (χ1n) is 11.1. The molecule has 1 aliphatic rings. The minimum Gasteiger partial charge on any atom is -0.480 e. The molecule has 1 aromatic heterocycles. The van der Waals surface area contributed by atoms with E-state index in [0.29, 0.717) is 18.8 Å². The first kappa shape index (κ1) is 22.0. The molecule has 0 unspecified atom stereocenters. The minimum atomic E-state index is -0.781. The number of benzene rings is 2. The molecule has 6 nitrogen and oxygen atoms in total. The molecule has 32 heavy (non-hydrogen) atoms. The minimum absolute atomic E-state index is 0.0412. The Morgan fingerprint density at radius 2 is 1.88 bits per heavy atom. The molecule has 2 heterocycles. The molecular formula is C26H29N3O3. The Labute approximate surface area is 188 Å². The molecule has 3 aromatic rings. The van der Waals surface area contributed by atoms with Crippen LogP contribution in [0.25, 0.3) is 11.1 Å². The molecule has 1 atom stereocenters. The number of ketones is 1. The molecule has 1 N–H and O–H groups in total. The standard InChI is InChI=1S/C26H29N3O3/c1-18-20(11-8-12-22(18)19-9-4-3-5-10-19)15-24(30)25-27-16-21(28(25)2)17-29-14-7-6-13-23(29)26(31)32/h3-5,8-12,16,23H,6-7,13-15,17H2,1-2H3,(H,31,32)/t23-/m0/s1. The van der Waals surface area contributed by atoms with Gasteiger partial charge < -0.3 is 9.67 Å². The lowest BCUT2D eigenvalue weighted by molar-refractivity contribution is -0.144. The molecule has 1 fully saturated rings. The monoisotopic (exact) mass is 431 g/mol. The van der Waals surface area contributed by atoms with Gasteiger partial charge in [-0.15, -0.1) is 0 Å². The fraction of sp³-hybridized carbons (Fsp3) is 0.346. The maximum atomic E-state index is 13.1. The number of carboxylic acids is 1. The average Bonchev–Trinajstić information content (AvgIpc) is 3.16. The molecule has 0 saturated carbocycles. The fourth-order valence-electron chi connectivity index (χ4n) is 4.58. The van der Waals surface area contributed by atoms with Gasteiger partial charge in [0.25, 0.3) is 0 Å². The number of imidazole rings is 1. The molecule has 1 aliphatic heterocycles. The largest absolute Gasteiger partial charge is 0.480 e. The Kier molecular flexibility index (Phi) is 6.51. The first-order valence-corrected chi connectivity index (χ1v) is 11.1. The summed E-state index contributed by atoms with van der Waals surface area (Å²) < 4.78 is 1.81. The van der Waals surface area contributed by atoms with Gasteiger partial charge in [-0.2, -0.15) is 0 Å². The van der Waals surface area contributed by atoms with Gasteiger partial charge in [0.15, 0.2) is 5.82 Å². The van der Waals surface area contributed by atoms with Gasteiger partial charge in [-0.05, 0) is 48.6 Å². The lowest BCUT2D eigenvalue weighted by Gasteiger charge is -2.32. The Morgan fingerprint density at radius 1 is 1.09 bits per heavy atom. The number of piperidine rings is 1. The van der Waals surface area contributed by atoms with Crippen molar-refractivity contribution in [3.8, 4) is 11.1 Å². The molecule has 4 rings (SSSR count). The second-order valence-electron chi connectivity index (χ2n) is 8.51. The summed E-state index contributed by atoms with van der Waals surface area (Å²) in [7, 11) is 1.84. The maximum Gasteiger partial charge on any atom is 0.320 e. The summed E-state index contributed by atoms with van der Waals surface area (Å²) in [6.45, 7) is 3.28. The van der Waals surface area contributed by atoms with Crippen LogP contribution in [0.2, 0.25) is 0 Å². The van der Waals surface area contributed by atoms with E-state index in [0.717, 1.165) is 47.3 Å². The highest BCUT2D eigenvalue weighted by Crippen LogP contribution is 2.26. The number of aromatic nitrogens is 2. The number of likely N-dealkylation sites (tertiary alicyclic amines) is 1. The Balaban J connectivity index is 1.52. The third-order valence-electron chi connectivity index (χ3n) is 6.48. The van der Waals surface area contributed by atoms with Crippen LogP contribution in [0.1, 0.15) is 46.7 Å². The first-order chi connectivity index (χ1) is 15.5. The lowest BCUT2D eigenvalue weighted by atomic mass is 9.94. The van der Waals surface area contributed by atoms with E-state index in [1.165, 1.54) is 0 Å². The van der Waals surface area contributed by atoms with Gasteiger partial charge in [0.05, 0.1) is 11.9 Å². The highest BCUT2D eigenvalue weighted by molar-refractivity contribution is 5.95. The Morgan fingerprint density at radius 3 is 2.62 bits per heavy atom. The molecule has 0 spiro atoms. The summed E-state index contributed by atoms with van der Waals surface area (Å²) in [6.07, 6.45) is 4.57. The lowest BCUT2D eigenvalue weighted by Crippen LogP contribution is -2.44. The Bertz CT molecular complexity index is 1120. The van der Waals surface area contributed by atoms with Crippen LogP contribution in [-0.2, 0) is 24.8 Å². The predicted octanol–water partition coefficient (Wildman–Crippen LogP) is 4.26. The van der Waals surface area contributed by atoms with Crippen LogP contribution < -0.4 is 0 Å². The van der Waals surface area contributed by atoms with E-state index >= 15 is 0 Å². The predicted molar refractivity (Wildman–Crippen MR) is 124 cm³/mol. The van der Waals surface area contributed by atoms with Crippen LogP contribution in [0.15, 0.2) is 54.7 Å². The zero-order valence-corrected chi connectivity index (χ0v) is 18.6. The van der Waals surface area contributed by atoms with Crippen molar-refractivity contribution in [1.82, 2.24) is 14.5 Å². The third-order valence-corrected chi connectivity index (χ3v) is 6.48. The number of carboxylic acid groups (broad SMARTS) is 1. The van der Waals surface area contributed by atoms with Crippen molar-refractivity contribution in [2.75, 3.05) is 6.54 Å². The topological polar surface area (TPSA) is 75.4 Å². The van der Waals surface area contributed by atoms with Crippen molar-refractivity contribution in [3.63, 3.8) is 0 Å². The zero-order chi connectivity index (χ0) is 22.7. The highest BCUT2D eigenvalue weighted by atomic mass is 16.4. The van der Waals surface area contributed by atoms with Gasteiger partial charge >= 0.3 is 5.97 Å². The van der Waals surface area contributed by atoms with Crippen LogP contribution in [0.5, 0.6) is 0 Å². The number of nitrogens with zero attached hydrogens (tertiary/aromatic N) is 3. The zero-order valence-electron chi connectivity index (χ0n) is 18.6. The fourth-order valence-corrected chi connectivity index (χ4v) is 4.58. The number of aliphatic carboxylic acids is 1. The average molecular weight is 432 g/mol. The van der Waals surface area contributed by atoms with Crippen LogP contribution >= 0.6 is 0 Å². The molecule has 1 saturated heterocycles. The number of hydrogen-bond acceptors (Lipinski definition) is 4. The van der Waals surface area contributed by atoms with Crippen molar-refractivity contribution >= 4 is 11.8 Å². The van der Waals surface area contributed by atoms with E-state index in [2.05, 4.69) is 30.1 Å². The van der Waals surface area contributed by atoms with Gasteiger partial charge in [0.2, 0.25) is 5.78 Å². The van der Waals surface area contributed by atoms with E-state index in [-0.39, 0.29) is 12.2 Å². The molecule has 0 aliphatic carbocycles. The van der Waals surface area contributed by atoms with Gasteiger partial charge in [-0.3, -0.25) is 14.5 Å². The second kappa shape index (κ2) is 9.49. The molecule has 2 aromatic carbocycles. The van der Waals surface area contributed by atoms with Crippen LogP contribution in [0.3, 0.4) is 0 Å². The summed E-state index contributed by atoms with van der Waals surface area (Å²) in [5, 5.41) is 9.53. The molecule has 0 radical (unpaired) electrons. The van der Waals surface area contributed by atoms with Crippen molar-refractivity contribution in [2.45, 2.75) is 45.2 Å². The maximum absolute atomic E-state index is 13.1. The number of rotatable bonds is 7. The normalized spacial score (nSPS) is 16.8. The van der Waals surface area contributed by atoms with Crippen LogP contribution in [0.4, 0.5) is 0 Å². The van der Waals surface area contributed by atoms with Gasteiger partial charge in [-0.25, -0.2) is 4.98 Å². The molecular weight excluding hydrogens is 402 g/mol. The van der Waals surface area contributed by atoms with E-state index in [1.54, 1.807) is 6.20 Å². The molecule has 0 bridgehead atoms. The smallest absolute Gasteiger partial charge is 0.320 e. The quantitative estimate of drug-likeness (QED) is 0.566. The van der Waals surface area contributed by atoms with Crippen LogP contribution in [-0.4, -0.2) is 43.9 Å². The number of hydrogen-bond donors (Lipinski definition) is 1. The van der Waals surface area contributed by atoms with E-state index in [9.17, 15) is 14.7 Å². The summed E-state index contributed by atoms with van der Waals surface area (Å²) in [4.78, 5) is 31.1. The summed E-state index contributed by atoms with van der Waals surface area (Å²) in [5.41, 5.74) is 5.20. The van der Waals surface area contributed by atoms with E-state index in [4.69, 9.17) is 0 Å². The third kappa shape index (κ3) is 4.50. The highest BCUT2D eigenvalue weighted by Gasteiger charge is 2.29. The van der Waals surface area contributed by atoms with Crippen molar-refractivity contribution in [1.29, 1.82) is 0 Å². The molecule has 0 amide bonds. The van der Waals surface area contributed by atoms with Crippen LogP contribution in [0, 0.1) is 6.92 Å².